The molecule has 378 valence electrons. The third-order valence-corrected chi connectivity index (χ3v) is 10.1. The number of hydrogen-bond donors (Lipinski definition) is 8. The molecule has 0 aliphatic heterocycles. The predicted octanol–water partition coefficient (Wildman–Crippen LogP) is 10.3. The van der Waals surface area contributed by atoms with E-state index in [9.17, 15) is 19.8 Å². The standard InChI is InChI=1S/2C16H32O2.C14H34N4.4H3N.2Pt/c2*1-2-3-4-5-6-7-8-9-10-11-12-13-14-15-16(17)18;15-9-5-1-3-7-11-17-13-14-18-12-8-4-2-6-10-16;;;;;;/h2*2-15H2,1H3,(H,17,18);17-18H,1-16H2;4*1H3;;/p-2. The van der Waals surface area contributed by atoms with Crippen molar-refractivity contribution in [1.82, 2.24) is 35.2 Å². The Morgan fingerprint density at radius 2 is 0.533 bits per heavy atom. The molecule has 0 amide bonds. The fourth-order valence-corrected chi connectivity index (χ4v) is 6.50. The van der Waals surface area contributed by atoms with E-state index in [1.165, 1.54) is 193 Å². The molecule has 60 heavy (non-hydrogen) atoms. The minimum Gasteiger partial charge on any atom is -0.550 e. The number of nitrogens with one attached hydrogen (secondary N) is 2. The number of nitrogens with two attached hydrogens (primary N) is 2. The molecule has 0 aromatic carbocycles. The van der Waals surface area contributed by atoms with Crippen LogP contribution in [0, 0.1) is 0 Å². The van der Waals surface area contributed by atoms with Crippen LogP contribution < -0.4 is 56.9 Å². The summed E-state index contributed by atoms with van der Waals surface area (Å²) in [6, 6.07) is 0. The fraction of sp³-hybridized carbons (Fsp3) is 0.957. The van der Waals surface area contributed by atoms with Gasteiger partial charge in [-0.3, -0.25) is 0 Å². The zero-order chi connectivity index (χ0) is 40.3. The first-order valence-electron chi connectivity index (χ1n) is 23.7. The molecule has 0 saturated carbocycles. The summed E-state index contributed by atoms with van der Waals surface area (Å²) in [6.07, 6.45) is 43.9. The van der Waals surface area contributed by atoms with Crippen LogP contribution in [-0.4, -0.2) is 51.2 Å². The van der Waals surface area contributed by atoms with E-state index in [4.69, 9.17) is 11.5 Å². The van der Waals surface area contributed by atoms with Crippen molar-refractivity contribution in [2.24, 2.45) is 11.5 Å². The molecule has 0 saturated heterocycles. The summed E-state index contributed by atoms with van der Waals surface area (Å²) in [5.41, 5.74) is 10.9. The van der Waals surface area contributed by atoms with Gasteiger partial charge in [0.15, 0.2) is 0 Å². The number of carbonyl (C=O) groups is 2. The topological polar surface area (TPSA) is 296 Å². The first kappa shape index (κ1) is 80.3. The van der Waals surface area contributed by atoms with E-state index in [1.54, 1.807) is 0 Å². The SMILES string of the molecule is CCCCCCCCCCCCCCCC(=O)[O-].CCCCCCCCCCCCCCCC(=O)[O-].N.N.N.N.NCCCCCCNCCNCCCCCCN.[Pt].[Pt]. The van der Waals surface area contributed by atoms with Gasteiger partial charge in [-0.05, 0) is 77.5 Å². The van der Waals surface area contributed by atoms with Gasteiger partial charge in [-0.15, -0.1) is 0 Å². The van der Waals surface area contributed by atoms with E-state index in [-0.39, 0.29) is 79.6 Å². The largest absolute Gasteiger partial charge is 0.550 e. The van der Waals surface area contributed by atoms with Crippen LogP contribution in [0.1, 0.15) is 245 Å². The average Bonchev–Trinajstić information content (AvgIpc) is 3.16. The first-order valence-corrected chi connectivity index (χ1v) is 23.7. The Morgan fingerprint density at radius 3 is 0.750 bits per heavy atom. The maximum Gasteiger partial charge on any atom is 0.0414 e. The molecule has 12 nitrogen and oxygen atoms in total. The Labute approximate surface area is 402 Å². The van der Waals surface area contributed by atoms with Gasteiger partial charge in [0.1, 0.15) is 0 Å². The molecule has 0 atom stereocenters. The zero-order valence-electron chi connectivity index (χ0n) is 39.9. The monoisotopic (exact) mass is 1230 g/mol. The van der Waals surface area contributed by atoms with Crippen molar-refractivity contribution in [3.63, 3.8) is 0 Å². The van der Waals surface area contributed by atoms with Crippen LogP contribution in [0.2, 0.25) is 0 Å². The smallest absolute Gasteiger partial charge is 0.0414 e. The molecule has 0 aromatic heterocycles. The van der Waals surface area contributed by atoms with Gasteiger partial charge in [-0.2, -0.15) is 0 Å². The van der Waals surface area contributed by atoms with E-state index in [2.05, 4.69) is 24.5 Å². The van der Waals surface area contributed by atoms with Crippen LogP contribution in [0.15, 0.2) is 0 Å². The van der Waals surface area contributed by atoms with Gasteiger partial charge in [0.05, 0.1) is 0 Å². The third-order valence-electron chi connectivity index (χ3n) is 10.1. The van der Waals surface area contributed by atoms with Crippen LogP contribution in [0.4, 0.5) is 0 Å². The summed E-state index contributed by atoms with van der Waals surface area (Å²) in [6.45, 7) is 10.6. The van der Waals surface area contributed by atoms with Gasteiger partial charge in [-0.1, -0.05) is 194 Å². The van der Waals surface area contributed by atoms with Crippen molar-refractivity contribution in [2.75, 3.05) is 39.3 Å². The van der Waals surface area contributed by atoms with E-state index >= 15 is 0 Å². The van der Waals surface area contributed by atoms with Crippen molar-refractivity contribution >= 4 is 11.9 Å². The molecule has 0 spiro atoms. The Kier molecular flexibility index (Phi) is 106. The second-order valence-electron chi connectivity index (χ2n) is 15.6. The molecule has 0 aliphatic rings. The van der Waals surface area contributed by atoms with E-state index < -0.39 is 11.9 Å². The van der Waals surface area contributed by atoms with Crippen LogP contribution >= 0.6 is 0 Å². The van der Waals surface area contributed by atoms with Gasteiger partial charge in [0, 0.05) is 67.2 Å². The number of rotatable bonds is 43. The Balaban J connectivity index is -0.0000000885. The quantitative estimate of drug-likeness (QED) is 0.0265. The molecule has 0 rings (SSSR count). The van der Waals surface area contributed by atoms with Crippen molar-refractivity contribution < 1.29 is 61.9 Å². The molecule has 0 unspecified atom stereocenters. The van der Waals surface area contributed by atoms with Crippen LogP contribution in [-0.2, 0) is 51.7 Å². The van der Waals surface area contributed by atoms with Gasteiger partial charge < -0.3 is 66.5 Å². The molecule has 0 heterocycles. The molecule has 0 aromatic rings. The summed E-state index contributed by atoms with van der Waals surface area (Å²) in [5.74, 6) is -1.81. The second kappa shape index (κ2) is 79.4. The van der Waals surface area contributed by atoms with Crippen LogP contribution in [0.5, 0.6) is 0 Å². The van der Waals surface area contributed by atoms with E-state index in [0.717, 1.165) is 65.0 Å². The molecule has 18 N–H and O–H groups in total. The summed E-state index contributed by atoms with van der Waals surface area (Å²) in [7, 11) is 0. The molecular formula is C46H108N8O4Pt2-2. The van der Waals surface area contributed by atoms with E-state index in [1.807, 2.05) is 0 Å². The minimum atomic E-state index is -0.905. The number of carboxylic acids is 2. The van der Waals surface area contributed by atoms with Crippen LogP contribution in [0.3, 0.4) is 0 Å². The predicted molar refractivity (Wildman–Crippen MR) is 252 cm³/mol. The average molecular weight is 1230 g/mol. The maximum atomic E-state index is 10.2. The molecule has 0 radical (unpaired) electrons. The van der Waals surface area contributed by atoms with Gasteiger partial charge in [0.2, 0.25) is 0 Å². The van der Waals surface area contributed by atoms with Crippen molar-refractivity contribution in [2.45, 2.75) is 245 Å². The maximum absolute atomic E-state index is 10.2. The van der Waals surface area contributed by atoms with Gasteiger partial charge in [0.25, 0.3) is 0 Å². The summed E-state index contributed by atoms with van der Waals surface area (Å²) < 4.78 is 0. The summed E-state index contributed by atoms with van der Waals surface area (Å²) in [5, 5.41) is 27.3. The Morgan fingerprint density at radius 1 is 0.333 bits per heavy atom. The Hall–Kier alpha value is -0.00338. The molecular weight excluding hydrogens is 1120 g/mol. The molecule has 0 fully saturated rings. The number of unbranched alkanes of at least 4 members (excludes halogenated alkanes) is 30. The number of aliphatic carboxylic acids is 2. The first-order chi connectivity index (χ1) is 26.5. The molecule has 0 aliphatic carbocycles. The third kappa shape index (κ3) is 93.1. The van der Waals surface area contributed by atoms with Gasteiger partial charge in [-0.25, -0.2) is 0 Å². The summed E-state index contributed by atoms with van der Waals surface area (Å²) in [4.78, 5) is 20.4. The number of carboxylic acid groups (broad SMARTS) is 2. The number of hydrogen-bond acceptors (Lipinski definition) is 12. The van der Waals surface area contributed by atoms with Crippen LogP contribution in [0.25, 0.3) is 0 Å². The van der Waals surface area contributed by atoms with E-state index in [0.29, 0.717) is 0 Å². The number of carbonyl (C=O) groups excluding carboxylic acids is 2. The van der Waals surface area contributed by atoms with Crippen molar-refractivity contribution in [3.8, 4) is 0 Å². The normalized spacial score (nSPS) is 9.73. The van der Waals surface area contributed by atoms with Crippen molar-refractivity contribution in [1.29, 1.82) is 0 Å². The molecule has 14 heteroatoms. The summed E-state index contributed by atoms with van der Waals surface area (Å²) >= 11 is 0. The molecule has 0 bridgehead atoms. The zero-order valence-corrected chi connectivity index (χ0v) is 44.5. The second-order valence-corrected chi connectivity index (χ2v) is 15.6. The Bertz CT molecular complexity index is 653. The van der Waals surface area contributed by atoms with Gasteiger partial charge >= 0.3 is 0 Å². The fourth-order valence-electron chi connectivity index (χ4n) is 6.50. The van der Waals surface area contributed by atoms with Crippen molar-refractivity contribution in [3.05, 3.63) is 0 Å². The minimum absolute atomic E-state index is 0.